The average Bonchev–Trinajstić information content (AvgIpc) is 3.60. The minimum atomic E-state index is -3.19. The normalized spacial score (nSPS) is 11.6. The zero-order valence-corrected chi connectivity index (χ0v) is 28.6. The Kier molecular flexibility index (Phi) is 7.87. The van der Waals surface area contributed by atoms with Gasteiger partial charge < -0.3 is 8.98 Å². The molecule has 0 spiro atoms. The van der Waals surface area contributed by atoms with E-state index in [2.05, 4.69) is 18.2 Å². The van der Waals surface area contributed by atoms with Crippen LogP contribution in [0.3, 0.4) is 0 Å². The highest BCUT2D eigenvalue weighted by Gasteiger charge is 2.29. The van der Waals surface area contributed by atoms with Crippen LogP contribution in [0.25, 0.3) is 67.2 Å². The first kappa shape index (κ1) is 31.5. The molecule has 0 fully saturated rings. The van der Waals surface area contributed by atoms with E-state index in [9.17, 15) is 4.39 Å². The molecule has 0 radical (unpaired) electrons. The summed E-state index contributed by atoms with van der Waals surface area (Å²) in [6.45, 7) is 0. The number of rotatable bonds is 7. The van der Waals surface area contributed by atoms with E-state index in [0.717, 1.165) is 38.1 Å². The lowest BCUT2D eigenvalue weighted by atomic mass is 9.99. The number of hydrogen-bond acceptors (Lipinski definition) is 5. The van der Waals surface area contributed by atoms with Crippen molar-refractivity contribution in [1.29, 1.82) is 0 Å². The molecule has 0 N–H and O–H groups in total. The third kappa shape index (κ3) is 5.60. The quantitative estimate of drug-likeness (QED) is 0.156. The van der Waals surface area contributed by atoms with Crippen LogP contribution in [0.2, 0.25) is 0 Å². The predicted octanol–water partition coefficient (Wildman–Crippen LogP) is 10.2. The van der Waals surface area contributed by atoms with Crippen LogP contribution in [0.15, 0.2) is 180 Å². The van der Waals surface area contributed by atoms with Crippen LogP contribution < -0.4 is 15.9 Å². The number of nitrogens with zero attached hydrogens (tertiary/aromatic N) is 3. The molecule has 0 atom stereocenters. The zero-order valence-electron chi connectivity index (χ0n) is 27.7. The van der Waals surface area contributed by atoms with Gasteiger partial charge in [0, 0.05) is 37.8 Å². The second-order valence-electron chi connectivity index (χ2n) is 12.5. The maximum atomic E-state index is 15.0. The number of benzene rings is 7. The van der Waals surface area contributed by atoms with E-state index >= 15 is 4.57 Å². The van der Waals surface area contributed by atoms with Gasteiger partial charge in [-0.15, -0.1) is 0 Å². The Balaban J connectivity index is 1.24. The molecule has 7 heteroatoms. The zero-order chi connectivity index (χ0) is 35.1. The molecule has 9 aromatic rings. The molecule has 0 amide bonds. The highest BCUT2D eigenvalue weighted by Crippen LogP contribution is 2.43. The van der Waals surface area contributed by atoms with E-state index in [0.29, 0.717) is 45.1 Å². The Labute approximate surface area is 299 Å². The van der Waals surface area contributed by atoms with Gasteiger partial charge in [-0.1, -0.05) is 133 Å². The van der Waals surface area contributed by atoms with Crippen LogP contribution in [0, 0.1) is 5.82 Å². The van der Waals surface area contributed by atoms with Gasteiger partial charge in [-0.05, 0) is 53.6 Å². The summed E-state index contributed by atoms with van der Waals surface area (Å²) in [4.78, 5) is 14.9. The largest absolute Gasteiger partial charge is 0.455 e. The summed E-state index contributed by atoms with van der Waals surface area (Å²) in [6.07, 6.45) is 0. The molecule has 0 saturated heterocycles. The van der Waals surface area contributed by atoms with Gasteiger partial charge in [-0.3, -0.25) is 0 Å². The Bertz CT molecular complexity index is 2710. The maximum Gasteiger partial charge on any atom is 0.171 e. The van der Waals surface area contributed by atoms with Crippen LogP contribution in [0.5, 0.6) is 0 Å². The molecule has 0 bridgehead atoms. The molecular weight excluding hydrogens is 664 g/mol. The van der Waals surface area contributed by atoms with E-state index in [1.54, 1.807) is 12.1 Å². The molecule has 5 nitrogen and oxygen atoms in total. The second kappa shape index (κ2) is 13.0. The van der Waals surface area contributed by atoms with Crippen molar-refractivity contribution in [1.82, 2.24) is 15.0 Å². The van der Waals surface area contributed by atoms with Gasteiger partial charge in [0.05, 0.1) is 5.56 Å². The molecule has 0 aliphatic rings. The smallest absolute Gasteiger partial charge is 0.171 e. The molecule has 9 rings (SSSR count). The standard InChI is InChI=1S/C45H29FN3O2P/c46-34-24-20-31(21-25-34)43-47-44(32-22-26-37(27-23-32)52(50,35-14-6-2-7-15-35)36-16-8-3-9-17-36)49-45(48-43)40-29-33(30-12-4-1-5-13-30)28-39-38-18-10-11-19-41(38)51-42(39)40/h1-29H. The third-order valence-electron chi connectivity index (χ3n) is 9.29. The lowest BCUT2D eigenvalue weighted by Crippen LogP contribution is -2.24. The lowest BCUT2D eigenvalue weighted by Gasteiger charge is -2.20. The fourth-order valence-electron chi connectivity index (χ4n) is 6.69. The fraction of sp³-hybridized carbons (Fsp3) is 0. The van der Waals surface area contributed by atoms with Gasteiger partial charge in [0.1, 0.15) is 17.0 Å². The molecule has 2 aromatic heterocycles. The molecule has 0 aliphatic heterocycles. The van der Waals surface area contributed by atoms with Gasteiger partial charge in [-0.2, -0.15) is 0 Å². The number of para-hydroxylation sites is 1. The summed E-state index contributed by atoms with van der Waals surface area (Å²) in [6, 6.07) is 55.1. The molecular formula is C45H29FN3O2P. The van der Waals surface area contributed by atoms with Gasteiger partial charge >= 0.3 is 0 Å². The van der Waals surface area contributed by atoms with Crippen molar-refractivity contribution in [3.05, 3.63) is 182 Å². The van der Waals surface area contributed by atoms with E-state index < -0.39 is 7.14 Å². The van der Waals surface area contributed by atoms with Crippen molar-refractivity contribution in [2.45, 2.75) is 0 Å². The summed E-state index contributed by atoms with van der Waals surface area (Å²) in [7, 11) is -3.19. The van der Waals surface area contributed by atoms with Crippen LogP contribution in [-0.4, -0.2) is 15.0 Å². The number of halogens is 1. The third-order valence-corrected chi connectivity index (χ3v) is 12.4. The van der Waals surface area contributed by atoms with Gasteiger partial charge in [0.15, 0.2) is 24.6 Å². The number of aromatic nitrogens is 3. The minimum absolute atomic E-state index is 0.352. The Morgan fingerprint density at radius 3 is 1.56 bits per heavy atom. The summed E-state index contributed by atoms with van der Waals surface area (Å²) in [5, 5.41) is 4.13. The first-order valence-electron chi connectivity index (χ1n) is 16.9. The molecule has 0 unspecified atom stereocenters. The van der Waals surface area contributed by atoms with E-state index in [4.69, 9.17) is 19.4 Å². The van der Waals surface area contributed by atoms with E-state index in [1.165, 1.54) is 12.1 Å². The van der Waals surface area contributed by atoms with Gasteiger partial charge in [-0.25, -0.2) is 19.3 Å². The van der Waals surface area contributed by atoms with Crippen molar-refractivity contribution in [2.75, 3.05) is 0 Å². The van der Waals surface area contributed by atoms with Crippen molar-refractivity contribution in [2.24, 2.45) is 0 Å². The first-order valence-corrected chi connectivity index (χ1v) is 18.6. The van der Waals surface area contributed by atoms with Crippen molar-refractivity contribution >= 4 is 45.0 Å². The van der Waals surface area contributed by atoms with Crippen LogP contribution >= 0.6 is 7.14 Å². The topological polar surface area (TPSA) is 68.9 Å². The number of furan rings is 1. The predicted molar refractivity (Wildman–Crippen MR) is 208 cm³/mol. The van der Waals surface area contributed by atoms with Crippen LogP contribution in [-0.2, 0) is 4.57 Å². The molecule has 52 heavy (non-hydrogen) atoms. The first-order chi connectivity index (χ1) is 25.5. The Morgan fingerprint density at radius 1 is 0.442 bits per heavy atom. The Morgan fingerprint density at radius 2 is 0.942 bits per heavy atom. The van der Waals surface area contributed by atoms with Crippen LogP contribution in [0.4, 0.5) is 4.39 Å². The summed E-state index contributed by atoms with van der Waals surface area (Å²) < 4.78 is 35.6. The summed E-state index contributed by atoms with van der Waals surface area (Å²) >= 11 is 0. The maximum absolute atomic E-state index is 15.0. The molecule has 248 valence electrons. The Hall–Kier alpha value is -6.49. The monoisotopic (exact) mass is 693 g/mol. The fourth-order valence-corrected chi connectivity index (χ4v) is 9.33. The van der Waals surface area contributed by atoms with E-state index in [1.807, 2.05) is 133 Å². The number of fused-ring (bicyclic) bond motifs is 3. The van der Waals surface area contributed by atoms with Crippen molar-refractivity contribution in [3.63, 3.8) is 0 Å². The molecule has 7 aromatic carbocycles. The molecule has 2 heterocycles. The lowest BCUT2D eigenvalue weighted by molar-refractivity contribution is 0.592. The summed E-state index contributed by atoms with van der Waals surface area (Å²) in [5.74, 6) is 0.862. The minimum Gasteiger partial charge on any atom is -0.455 e. The van der Waals surface area contributed by atoms with Crippen molar-refractivity contribution < 1.29 is 13.4 Å². The number of hydrogen-bond donors (Lipinski definition) is 0. The SMILES string of the molecule is O=P(c1ccccc1)(c1ccccc1)c1ccc(-c2nc(-c3ccc(F)cc3)nc(-c3cc(-c4ccccc4)cc4c3oc3ccccc34)n2)cc1. The highest BCUT2D eigenvalue weighted by atomic mass is 31.2. The van der Waals surface area contributed by atoms with Gasteiger partial charge in [0.2, 0.25) is 0 Å². The van der Waals surface area contributed by atoms with E-state index in [-0.39, 0.29) is 5.82 Å². The van der Waals surface area contributed by atoms with Crippen LogP contribution in [0.1, 0.15) is 0 Å². The molecule has 0 aliphatic carbocycles. The molecule has 0 saturated carbocycles. The van der Waals surface area contributed by atoms with Gasteiger partial charge in [0.25, 0.3) is 0 Å². The summed E-state index contributed by atoms with van der Waals surface area (Å²) in [5.41, 5.74) is 5.50. The second-order valence-corrected chi connectivity index (χ2v) is 15.3. The highest BCUT2D eigenvalue weighted by molar-refractivity contribution is 7.85. The average molecular weight is 694 g/mol. The van der Waals surface area contributed by atoms with Crippen molar-refractivity contribution in [3.8, 4) is 45.3 Å².